The Kier molecular flexibility index (Phi) is 4.09. The summed E-state index contributed by atoms with van der Waals surface area (Å²) in [6, 6.07) is 6.55. The van der Waals surface area contributed by atoms with Crippen LogP contribution in [0.25, 0.3) is 0 Å². The minimum Gasteiger partial charge on any atom is -0.478 e. The lowest BCUT2D eigenvalue weighted by atomic mass is 10.2. The molecule has 0 unspecified atom stereocenters. The molecular formula is C13H8BrFN2O3. The molecule has 1 heterocycles. The topological polar surface area (TPSA) is 79.3 Å². The third-order valence-corrected chi connectivity index (χ3v) is 3.11. The molecule has 102 valence electrons. The number of carbonyl (C=O) groups excluding carboxylic acids is 1. The van der Waals surface area contributed by atoms with Crippen LogP contribution in [-0.2, 0) is 0 Å². The quantitative estimate of drug-likeness (QED) is 0.843. The number of rotatable bonds is 3. The van der Waals surface area contributed by atoms with Crippen molar-refractivity contribution < 1.29 is 19.1 Å². The van der Waals surface area contributed by atoms with Crippen LogP contribution in [0.15, 0.2) is 41.0 Å². The number of nitrogens with one attached hydrogen (secondary N) is 1. The van der Waals surface area contributed by atoms with Gasteiger partial charge in [0.25, 0.3) is 5.91 Å². The molecule has 1 amide bonds. The summed E-state index contributed by atoms with van der Waals surface area (Å²) in [6.07, 6.45) is 1.19. The number of halogens is 2. The molecule has 2 N–H and O–H groups in total. The van der Waals surface area contributed by atoms with E-state index in [-0.39, 0.29) is 11.1 Å². The van der Waals surface area contributed by atoms with Crippen molar-refractivity contribution >= 4 is 33.5 Å². The molecule has 0 atom stereocenters. The Morgan fingerprint density at radius 3 is 2.55 bits per heavy atom. The van der Waals surface area contributed by atoms with Crippen molar-refractivity contribution in [2.24, 2.45) is 0 Å². The molecule has 0 aliphatic rings. The first kappa shape index (κ1) is 14.1. The van der Waals surface area contributed by atoms with Crippen molar-refractivity contribution in [2.45, 2.75) is 0 Å². The lowest BCUT2D eigenvalue weighted by Crippen LogP contribution is -2.13. The van der Waals surface area contributed by atoms with Gasteiger partial charge in [0, 0.05) is 22.3 Å². The smallest absolute Gasteiger partial charge is 0.335 e. The molecule has 0 saturated heterocycles. The van der Waals surface area contributed by atoms with Crippen molar-refractivity contribution in [3.63, 3.8) is 0 Å². The maximum atomic E-state index is 12.9. The number of nitrogens with zero attached hydrogens (tertiary/aromatic N) is 1. The maximum absolute atomic E-state index is 12.9. The minimum atomic E-state index is -1.07. The molecule has 0 radical (unpaired) electrons. The van der Waals surface area contributed by atoms with E-state index in [1.807, 2.05) is 0 Å². The van der Waals surface area contributed by atoms with Crippen molar-refractivity contribution in [2.75, 3.05) is 5.32 Å². The largest absolute Gasteiger partial charge is 0.478 e. The zero-order valence-corrected chi connectivity index (χ0v) is 11.5. The summed E-state index contributed by atoms with van der Waals surface area (Å²) in [5, 5.41) is 11.4. The minimum absolute atomic E-state index is 0.0878. The SMILES string of the molecule is O=C(O)c1ccc(NC(=O)c2ccnc(F)c2)c(Br)c1. The summed E-state index contributed by atoms with van der Waals surface area (Å²) in [6.45, 7) is 0. The molecule has 20 heavy (non-hydrogen) atoms. The van der Waals surface area contributed by atoms with Gasteiger partial charge < -0.3 is 10.4 Å². The van der Waals surface area contributed by atoms with Gasteiger partial charge in [0.05, 0.1) is 11.3 Å². The van der Waals surface area contributed by atoms with Gasteiger partial charge in [-0.15, -0.1) is 0 Å². The van der Waals surface area contributed by atoms with Gasteiger partial charge in [-0.25, -0.2) is 9.78 Å². The summed E-state index contributed by atoms with van der Waals surface area (Å²) in [4.78, 5) is 26.0. The zero-order chi connectivity index (χ0) is 14.7. The first-order valence-corrected chi connectivity index (χ1v) is 6.22. The predicted octanol–water partition coefficient (Wildman–Crippen LogP) is 2.93. The lowest BCUT2D eigenvalue weighted by molar-refractivity contribution is 0.0696. The van der Waals surface area contributed by atoms with E-state index < -0.39 is 17.8 Å². The second-order valence-electron chi connectivity index (χ2n) is 3.82. The van der Waals surface area contributed by atoms with E-state index in [0.29, 0.717) is 10.2 Å². The monoisotopic (exact) mass is 338 g/mol. The molecule has 0 bridgehead atoms. The van der Waals surface area contributed by atoms with Crippen LogP contribution < -0.4 is 5.32 Å². The fraction of sp³-hybridized carbons (Fsp3) is 0. The highest BCUT2D eigenvalue weighted by Gasteiger charge is 2.11. The number of amides is 1. The van der Waals surface area contributed by atoms with E-state index in [4.69, 9.17) is 5.11 Å². The Hall–Kier alpha value is -2.28. The lowest BCUT2D eigenvalue weighted by Gasteiger charge is -2.08. The standard InChI is InChI=1S/C13H8BrFN2O3/c14-9-5-8(13(19)20)1-2-10(9)17-12(18)7-3-4-16-11(15)6-7/h1-6H,(H,17,18)(H,19,20). The van der Waals surface area contributed by atoms with Crippen molar-refractivity contribution in [1.82, 2.24) is 4.98 Å². The highest BCUT2D eigenvalue weighted by atomic mass is 79.9. The van der Waals surface area contributed by atoms with Crippen LogP contribution >= 0.6 is 15.9 Å². The van der Waals surface area contributed by atoms with Crippen molar-refractivity contribution in [1.29, 1.82) is 0 Å². The Morgan fingerprint density at radius 1 is 1.20 bits per heavy atom. The molecule has 0 saturated carbocycles. The maximum Gasteiger partial charge on any atom is 0.335 e. The van der Waals surface area contributed by atoms with Crippen LogP contribution in [0.2, 0.25) is 0 Å². The summed E-state index contributed by atoms with van der Waals surface area (Å²) in [5.41, 5.74) is 0.591. The molecule has 1 aromatic heterocycles. The summed E-state index contributed by atoms with van der Waals surface area (Å²) >= 11 is 3.17. The van der Waals surface area contributed by atoms with E-state index >= 15 is 0 Å². The second-order valence-corrected chi connectivity index (χ2v) is 4.68. The molecule has 2 rings (SSSR count). The number of aromatic carboxylic acids is 1. The average molecular weight is 339 g/mol. The Morgan fingerprint density at radius 2 is 1.95 bits per heavy atom. The van der Waals surface area contributed by atoms with Crippen molar-refractivity contribution in [3.05, 3.63) is 58.1 Å². The van der Waals surface area contributed by atoms with Crippen molar-refractivity contribution in [3.8, 4) is 0 Å². The normalized spacial score (nSPS) is 10.1. The molecule has 2 aromatic rings. The Bertz CT molecular complexity index is 691. The number of benzene rings is 1. The number of hydrogen-bond donors (Lipinski definition) is 2. The van der Waals surface area contributed by atoms with Crippen LogP contribution in [-0.4, -0.2) is 22.0 Å². The fourth-order valence-electron chi connectivity index (χ4n) is 1.49. The average Bonchev–Trinajstić information content (AvgIpc) is 2.40. The van der Waals surface area contributed by atoms with Gasteiger partial charge >= 0.3 is 5.97 Å². The van der Waals surface area contributed by atoms with Crippen LogP contribution in [0.4, 0.5) is 10.1 Å². The number of anilines is 1. The highest BCUT2D eigenvalue weighted by Crippen LogP contribution is 2.24. The molecule has 7 heteroatoms. The number of pyridine rings is 1. The predicted molar refractivity (Wildman–Crippen MR) is 73.2 cm³/mol. The van der Waals surface area contributed by atoms with E-state index in [1.165, 1.54) is 30.5 Å². The van der Waals surface area contributed by atoms with Crippen LogP contribution in [0, 0.1) is 5.95 Å². The fourth-order valence-corrected chi connectivity index (χ4v) is 1.97. The van der Waals surface area contributed by atoms with Gasteiger partial charge in [-0.2, -0.15) is 4.39 Å². The summed E-state index contributed by atoms with van der Waals surface area (Å²) in [7, 11) is 0. The highest BCUT2D eigenvalue weighted by molar-refractivity contribution is 9.10. The van der Waals surface area contributed by atoms with E-state index in [9.17, 15) is 14.0 Å². The third kappa shape index (κ3) is 3.18. The zero-order valence-electron chi connectivity index (χ0n) is 9.93. The van der Waals surface area contributed by atoms with Crippen LogP contribution in [0.1, 0.15) is 20.7 Å². The first-order chi connectivity index (χ1) is 9.47. The van der Waals surface area contributed by atoms with E-state index in [2.05, 4.69) is 26.2 Å². The van der Waals surface area contributed by atoms with Crippen LogP contribution in [0.3, 0.4) is 0 Å². The molecule has 0 aliphatic heterocycles. The third-order valence-electron chi connectivity index (χ3n) is 2.45. The number of carboxylic acid groups (broad SMARTS) is 1. The Labute approximate surface area is 121 Å². The second kappa shape index (κ2) is 5.79. The van der Waals surface area contributed by atoms with Gasteiger partial charge in [0.1, 0.15) is 0 Å². The molecule has 5 nitrogen and oxygen atoms in total. The summed E-state index contributed by atoms with van der Waals surface area (Å²) in [5.74, 6) is -2.34. The summed E-state index contributed by atoms with van der Waals surface area (Å²) < 4.78 is 13.3. The van der Waals surface area contributed by atoms with E-state index in [1.54, 1.807) is 0 Å². The number of carbonyl (C=O) groups is 2. The van der Waals surface area contributed by atoms with Gasteiger partial charge in [-0.05, 0) is 40.2 Å². The first-order valence-electron chi connectivity index (χ1n) is 5.43. The molecule has 1 aromatic carbocycles. The number of carboxylic acids is 1. The van der Waals surface area contributed by atoms with Gasteiger partial charge in [0.2, 0.25) is 5.95 Å². The van der Waals surface area contributed by atoms with Gasteiger partial charge in [-0.3, -0.25) is 4.79 Å². The Balaban J connectivity index is 2.22. The molecule has 0 aliphatic carbocycles. The van der Waals surface area contributed by atoms with Gasteiger partial charge in [-0.1, -0.05) is 0 Å². The van der Waals surface area contributed by atoms with Crippen LogP contribution in [0.5, 0.6) is 0 Å². The number of hydrogen-bond acceptors (Lipinski definition) is 3. The molecule has 0 fully saturated rings. The van der Waals surface area contributed by atoms with Gasteiger partial charge in [0.15, 0.2) is 0 Å². The molecular weight excluding hydrogens is 331 g/mol. The van der Waals surface area contributed by atoms with E-state index in [0.717, 1.165) is 6.07 Å². The molecule has 0 spiro atoms. The number of aromatic nitrogens is 1.